The number of anilines is 3. The Kier molecular flexibility index (Phi) is 7.26. The van der Waals surface area contributed by atoms with Gasteiger partial charge < -0.3 is 15.1 Å². The van der Waals surface area contributed by atoms with Crippen LogP contribution >= 0.6 is 11.8 Å². The number of rotatable bonds is 6. The third kappa shape index (κ3) is 6.19. The second-order valence-electron chi connectivity index (χ2n) is 7.95. The van der Waals surface area contributed by atoms with Crippen LogP contribution in [-0.4, -0.2) is 48.0 Å². The van der Waals surface area contributed by atoms with Gasteiger partial charge >= 0.3 is 6.18 Å². The van der Waals surface area contributed by atoms with E-state index >= 15 is 0 Å². The quantitative estimate of drug-likeness (QED) is 0.501. The zero-order valence-corrected chi connectivity index (χ0v) is 19.4. The van der Waals surface area contributed by atoms with Gasteiger partial charge in [-0.2, -0.15) is 13.2 Å². The van der Waals surface area contributed by atoms with E-state index in [0.717, 1.165) is 17.3 Å². The summed E-state index contributed by atoms with van der Waals surface area (Å²) in [4.78, 5) is 16.1. The maximum absolute atomic E-state index is 13.0. The van der Waals surface area contributed by atoms with Crippen LogP contribution < -0.4 is 15.1 Å². The minimum Gasteiger partial charge on any atom is -0.368 e. The molecule has 6 nitrogen and oxygen atoms in total. The molecule has 10 heteroatoms. The summed E-state index contributed by atoms with van der Waals surface area (Å²) in [5.74, 6) is 0.806. The van der Waals surface area contributed by atoms with Gasteiger partial charge in [-0.3, -0.25) is 4.79 Å². The molecule has 0 saturated carbocycles. The fraction of sp³-hybridized carbons (Fsp3) is 0.292. The average Bonchev–Trinajstić information content (AvgIpc) is 2.84. The first-order valence-electron chi connectivity index (χ1n) is 10.8. The third-order valence-electron chi connectivity index (χ3n) is 5.45. The molecule has 4 rings (SSSR count). The molecule has 0 atom stereocenters. The van der Waals surface area contributed by atoms with Crippen LogP contribution in [0.4, 0.5) is 30.4 Å². The zero-order chi connectivity index (χ0) is 24.1. The van der Waals surface area contributed by atoms with E-state index in [0.29, 0.717) is 42.7 Å². The van der Waals surface area contributed by atoms with Crippen molar-refractivity contribution in [2.45, 2.75) is 18.1 Å². The first kappa shape index (κ1) is 23.9. The van der Waals surface area contributed by atoms with E-state index in [1.54, 1.807) is 6.07 Å². The molecule has 1 N–H and O–H groups in total. The van der Waals surface area contributed by atoms with Gasteiger partial charge in [-0.25, -0.2) is 0 Å². The molecule has 34 heavy (non-hydrogen) atoms. The Hall–Kier alpha value is -3.27. The maximum Gasteiger partial charge on any atom is 0.416 e. The smallest absolute Gasteiger partial charge is 0.368 e. The van der Waals surface area contributed by atoms with Gasteiger partial charge in [0.25, 0.3) is 0 Å². The molecule has 0 spiro atoms. The van der Waals surface area contributed by atoms with E-state index in [-0.39, 0.29) is 11.7 Å². The number of alkyl halides is 3. The molecule has 1 saturated heterocycles. The summed E-state index contributed by atoms with van der Waals surface area (Å²) in [7, 11) is 0. The van der Waals surface area contributed by atoms with Gasteiger partial charge in [-0.05, 0) is 49.4 Å². The fourth-order valence-corrected chi connectivity index (χ4v) is 4.22. The van der Waals surface area contributed by atoms with E-state index in [1.165, 1.54) is 23.9 Å². The molecule has 2 aromatic carbocycles. The molecule has 1 aliphatic heterocycles. The molecule has 1 fully saturated rings. The number of aryl methyl sites for hydroxylation is 1. The molecule has 3 aromatic rings. The molecule has 178 valence electrons. The maximum atomic E-state index is 13.0. The number of thioether (sulfide) groups is 1. The Morgan fingerprint density at radius 3 is 2.32 bits per heavy atom. The Bertz CT molecular complexity index is 1110. The third-order valence-corrected chi connectivity index (χ3v) is 6.37. The van der Waals surface area contributed by atoms with Crippen LogP contribution in [0.15, 0.2) is 65.7 Å². The summed E-state index contributed by atoms with van der Waals surface area (Å²) in [6.45, 7) is 4.39. The Labute approximate surface area is 200 Å². The lowest BCUT2D eigenvalue weighted by Gasteiger charge is -2.36. The van der Waals surface area contributed by atoms with Gasteiger partial charge in [0.2, 0.25) is 5.91 Å². The van der Waals surface area contributed by atoms with Crippen molar-refractivity contribution < 1.29 is 18.0 Å². The van der Waals surface area contributed by atoms with Gasteiger partial charge in [0.05, 0.1) is 11.3 Å². The lowest BCUT2D eigenvalue weighted by molar-refractivity contribution is -0.137. The molecule has 1 aromatic heterocycles. The lowest BCUT2D eigenvalue weighted by Crippen LogP contribution is -2.47. The normalized spacial score (nSPS) is 14.2. The van der Waals surface area contributed by atoms with Gasteiger partial charge in [0.15, 0.2) is 5.82 Å². The SMILES string of the molecule is Cc1ccc(NC(=O)CSc2ccc(N3CCN(c4cccc(C(F)(F)F)c4)CC3)nn2)cc1. The molecule has 0 radical (unpaired) electrons. The molecular formula is C24H24F3N5OS. The van der Waals surface area contributed by atoms with Crippen LogP contribution in [-0.2, 0) is 11.0 Å². The highest BCUT2D eigenvalue weighted by atomic mass is 32.2. The largest absolute Gasteiger partial charge is 0.416 e. The van der Waals surface area contributed by atoms with Crippen LogP contribution in [0.3, 0.4) is 0 Å². The average molecular weight is 488 g/mol. The number of aromatic nitrogens is 2. The number of halogens is 3. The molecule has 0 bridgehead atoms. The first-order valence-corrected chi connectivity index (χ1v) is 11.8. The van der Waals surface area contributed by atoms with Crippen LogP contribution in [0.2, 0.25) is 0 Å². The number of nitrogens with one attached hydrogen (secondary N) is 1. The Morgan fingerprint density at radius 2 is 1.68 bits per heavy atom. The lowest BCUT2D eigenvalue weighted by atomic mass is 10.1. The highest BCUT2D eigenvalue weighted by Gasteiger charge is 2.31. The van der Waals surface area contributed by atoms with E-state index < -0.39 is 11.7 Å². The number of piperazine rings is 1. The second kappa shape index (κ2) is 10.3. The number of hydrogen-bond donors (Lipinski definition) is 1. The molecule has 1 amide bonds. The van der Waals surface area contributed by atoms with Crippen molar-refractivity contribution in [2.75, 3.05) is 47.0 Å². The summed E-state index contributed by atoms with van der Waals surface area (Å²) in [5, 5.41) is 12.0. The summed E-state index contributed by atoms with van der Waals surface area (Å²) in [5.41, 5.74) is 1.80. The van der Waals surface area contributed by atoms with Gasteiger partial charge in [0, 0.05) is 37.6 Å². The fourth-order valence-electron chi connectivity index (χ4n) is 3.60. The minimum absolute atomic E-state index is 0.120. The van der Waals surface area contributed by atoms with Crippen molar-refractivity contribution in [1.29, 1.82) is 0 Å². The van der Waals surface area contributed by atoms with Crippen molar-refractivity contribution in [1.82, 2.24) is 10.2 Å². The number of benzene rings is 2. The molecule has 2 heterocycles. The number of hydrogen-bond acceptors (Lipinski definition) is 6. The predicted molar refractivity (Wildman–Crippen MR) is 128 cm³/mol. The van der Waals surface area contributed by atoms with E-state index in [9.17, 15) is 18.0 Å². The van der Waals surface area contributed by atoms with Crippen molar-refractivity contribution in [2.24, 2.45) is 0 Å². The summed E-state index contributed by atoms with van der Waals surface area (Å²) < 4.78 is 39.0. The molecule has 1 aliphatic rings. The minimum atomic E-state index is -4.35. The predicted octanol–water partition coefficient (Wildman–Crippen LogP) is 4.86. The standard InChI is InChI=1S/C24H24F3N5OS/c1-17-5-7-19(8-6-17)28-22(33)16-34-23-10-9-21(29-30-23)32-13-11-31(12-14-32)20-4-2-3-18(15-20)24(25,26)27/h2-10,15H,11-14,16H2,1H3,(H,28,33). The number of nitrogens with zero attached hydrogens (tertiary/aromatic N) is 4. The Balaban J connectivity index is 1.27. The molecule has 0 unspecified atom stereocenters. The molecular weight excluding hydrogens is 463 g/mol. The topological polar surface area (TPSA) is 61.4 Å². The molecule has 0 aliphatic carbocycles. The van der Waals surface area contributed by atoms with Crippen molar-refractivity contribution in [3.63, 3.8) is 0 Å². The summed E-state index contributed by atoms with van der Waals surface area (Å²) in [6, 6.07) is 16.7. The monoisotopic (exact) mass is 487 g/mol. The van der Waals surface area contributed by atoms with E-state index in [1.807, 2.05) is 48.2 Å². The summed E-state index contributed by atoms with van der Waals surface area (Å²) in [6.07, 6.45) is -4.35. The van der Waals surface area contributed by atoms with Gasteiger partial charge in [-0.15, -0.1) is 10.2 Å². The van der Waals surface area contributed by atoms with Crippen LogP contribution in [0.25, 0.3) is 0 Å². The van der Waals surface area contributed by atoms with Gasteiger partial charge in [-0.1, -0.05) is 35.5 Å². The highest BCUT2D eigenvalue weighted by Crippen LogP contribution is 2.32. The number of carbonyl (C=O) groups excluding carboxylic acids is 1. The highest BCUT2D eigenvalue weighted by molar-refractivity contribution is 7.99. The number of carbonyl (C=O) groups is 1. The van der Waals surface area contributed by atoms with E-state index in [4.69, 9.17) is 0 Å². The second-order valence-corrected chi connectivity index (χ2v) is 8.95. The van der Waals surface area contributed by atoms with Crippen molar-refractivity contribution in [3.05, 3.63) is 71.8 Å². The van der Waals surface area contributed by atoms with Crippen molar-refractivity contribution >= 4 is 34.9 Å². The number of amides is 1. The van der Waals surface area contributed by atoms with Gasteiger partial charge in [0.1, 0.15) is 5.03 Å². The Morgan fingerprint density at radius 1 is 0.971 bits per heavy atom. The zero-order valence-electron chi connectivity index (χ0n) is 18.5. The van der Waals surface area contributed by atoms with Crippen molar-refractivity contribution in [3.8, 4) is 0 Å². The first-order chi connectivity index (χ1) is 16.3. The van der Waals surface area contributed by atoms with E-state index in [2.05, 4.69) is 20.4 Å². The van der Waals surface area contributed by atoms with Crippen LogP contribution in [0.1, 0.15) is 11.1 Å². The van der Waals surface area contributed by atoms with Crippen LogP contribution in [0.5, 0.6) is 0 Å². The van der Waals surface area contributed by atoms with Crippen LogP contribution in [0, 0.1) is 6.92 Å². The summed E-state index contributed by atoms with van der Waals surface area (Å²) >= 11 is 1.30.